The molecule has 6 heteroatoms. The minimum absolute atomic E-state index is 0.288. The van der Waals surface area contributed by atoms with Gasteiger partial charge in [-0.2, -0.15) is 0 Å². The van der Waals surface area contributed by atoms with Crippen LogP contribution in [0.5, 0.6) is 0 Å². The van der Waals surface area contributed by atoms with Crippen LogP contribution in [0.1, 0.15) is 5.56 Å². The second-order valence-electron chi connectivity index (χ2n) is 4.39. The predicted molar refractivity (Wildman–Crippen MR) is 75.4 cm³/mol. The monoisotopic (exact) mass is 279 g/mol. The van der Waals surface area contributed by atoms with E-state index in [9.17, 15) is 8.42 Å². The summed E-state index contributed by atoms with van der Waals surface area (Å²) in [6.45, 7) is 0.648. The molecule has 0 spiro atoms. The maximum absolute atomic E-state index is 12.0. The number of sulfonamides is 1. The Morgan fingerprint density at radius 1 is 1.26 bits per heavy atom. The van der Waals surface area contributed by atoms with Crippen molar-refractivity contribution in [1.82, 2.24) is 9.29 Å². The van der Waals surface area contributed by atoms with Gasteiger partial charge in [0.1, 0.15) is 0 Å². The summed E-state index contributed by atoms with van der Waals surface area (Å²) in [5, 5.41) is 3.20. The number of hydrogen-bond acceptors (Lipinski definition) is 3. The molecule has 5 nitrogen and oxygen atoms in total. The van der Waals surface area contributed by atoms with Gasteiger partial charge in [0, 0.05) is 38.7 Å². The van der Waals surface area contributed by atoms with Crippen LogP contribution in [0.2, 0.25) is 0 Å². The van der Waals surface area contributed by atoms with Gasteiger partial charge in [-0.05, 0) is 29.8 Å². The lowest BCUT2D eigenvalue weighted by Crippen LogP contribution is -2.22. The lowest BCUT2D eigenvalue weighted by molar-refractivity contribution is 0.521. The van der Waals surface area contributed by atoms with Crippen molar-refractivity contribution in [3.63, 3.8) is 0 Å². The van der Waals surface area contributed by atoms with Crippen LogP contribution in [0, 0.1) is 0 Å². The first-order chi connectivity index (χ1) is 9.00. The number of benzene rings is 1. The Morgan fingerprint density at radius 3 is 2.68 bits per heavy atom. The largest absolute Gasteiger partial charge is 0.381 e. The van der Waals surface area contributed by atoms with Gasteiger partial charge in [0.25, 0.3) is 0 Å². The van der Waals surface area contributed by atoms with E-state index in [0.717, 1.165) is 11.3 Å². The first kappa shape index (κ1) is 13.6. The predicted octanol–water partition coefficient (Wildman–Crippen LogP) is 1.88. The van der Waals surface area contributed by atoms with Crippen LogP contribution in [-0.4, -0.2) is 31.8 Å². The summed E-state index contributed by atoms with van der Waals surface area (Å²) in [6.07, 6.45) is 3.75. The van der Waals surface area contributed by atoms with E-state index in [1.807, 2.05) is 24.5 Å². The Labute approximate surface area is 113 Å². The van der Waals surface area contributed by atoms with Crippen molar-refractivity contribution in [3.05, 3.63) is 48.3 Å². The Hall–Kier alpha value is -1.79. The van der Waals surface area contributed by atoms with Crippen LogP contribution >= 0.6 is 0 Å². The Balaban J connectivity index is 2.16. The molecule has 102 valence electrons. The van der Waals surface area contributed by atoms with E-state index < -0.39 is 10.0 Å². The fraction of sp³-hybridized carbons (Fsp3) is 0.231. The van der Waals surface area contributed by atoms with E-state index in [2.05, 4.69) is 10.3 Å². The SMILES string of the molecule is CN(C)S(=O)(=O)c1cccc(NCc2cc[nH]c2)c1. The van der Waals surface area contributed by atoms with Crippen molar-refractivity contribution in [2.45, 2.75) is 11.4 Å². The molecule has 0 unspecified atom stereocenters. The average Bonchev–Trinajstić information content (AvgIpc) is 2.89. The molecule has 2 rings (SSSR count). The molecule has 0 fully saturated rings. The third-order valence-corrected chi connectivity index (χ3v) is 4.58. The van der Waals surface area contributed by atoms with Gasteiger partial charge < -0.3 is 10.3 Å². The molecule has 19 heavy (non-hydrogen) atoms. The number of rotatable bonds is 5. The summed E-state index contributed by atoms with van der Waals surface area (Å²) in [5.74, 6) is 0. The third kappa shape index (κ3) is 3.15. The highest BCUT2D eigenvalue weighted by Crippen LogP contribution is 2.18. The first-order valence-corrected chi connectivity index (χ1v) is 7.32. The van der Waals surface area contributed by atoms with Gasteiger partial charge >= 0.3 is 0 Å². The smallest absolute Gasteiger partial charge is 0.242 e. The number of hydrogen-bond donors (Lipinski definition) is 2. The lowest BCUT2D eigenvalue weighted by atomic mass is 10.3. The standard InChI is InChI=1S/C13H17N3O2S/c1-16(2)19(17,18)13-5-3-4-12(8-13)15-10-11-6-7-14-9-11/h3-9,14-15H,10H2,1-2H3. The van der Waals surface area contributed by atoms with Gasteiger partial charge in [-0.1, -0.05) is 6.07 Å². The molecule has 2 N–H and O–H groups in total. The van der Waals surface area contributed by atoms with Gasteiger partial charge in [0.2, 0.25) is 10.0 Å². The van der Waals surface area contributed by atoms with Crippen LogP contribution in [-0.2, 0) is 16.6 Å². The normalized spacial score (nSPS) is 11.7. The van der Waals surface area contributed by atoms with Crippen LogP contribution in [0.25, 0.3) is 0 Å². The highest BCUT2D eigenvalue weighted by molar-refractivity contribution is 7.89. The first-order valence-electron chi connectivity index (χ1n) is 5.88. The minimum atomic E-state index is -3.38. The molecule has 0 aliphatic rings. The topological polar surface area (TPSA) is 65.2 Å². The Kier molecular flexibility index (Phi) is 3.92. The van der Waals surface area contributed by atoms with Gasteiger partial charge in [0.05, 0.1) is 4.90 Å². The molecular weight excluding hydrogens is 262 g/mol. The molecule has 0 radical (unpaired) electrons. The molecule has 0 amide bonds. The van der Waals surface area contributed by atoms with Crippen LogP contribution < -0.4 is 5.32 Å². The van der Waals surface area contributed by atoms with Crippen molar-refractivity contribution < 1.29 is 8.42 Å². The second kappa shape index (κ2) is 5.46. The van der Waals surface area contributed by atoms with E-state index in [0.29, 0.717) is 6.54 Å². The molecule has 1 aromatic carbocycles. The third-order valence-electron chi connectivity index (χ3n) is 2.77. The maximum Gasteiger partial charge on any atom is 0.242 e. The second-order valence-corrected chi connectivity index (χ2v) is 6.54. The minimum Gasteiger partial charge on any atom is -0.381 e. The molecule has 2 aromatic rings. The molecule has 0 bridgehead atoms. The summed E-state index contributed by atoms with van der Waals surface area (Å²) in [5.41, 5.74) is 1.89. The molecular formula is C13H17N3O2S. The summed E-state index contributed by atoms with van der Waals surface area (Å²) in [7, 11) is -0.338. The zero-order valence-electron chi connectivity index (χ0n) is 10.9. The van der Waals surface area contributed by atoms with E-state index in [1.54, 1.807) is 18.2 Å². The van der Waals surface area contributed by atoms with Gasteiger partial charge in [-0.25, -0.2) is 12.7 Å². The van der Waals surface area contributed by atoms with Gasteiger partial charge in [-0.3, -0.25) is 0 Å². The average molecular weight is 279 g/mol. The van der Waals surface area contributed by atoms with E-state index in [1.165, 1.54) is 18.4 Å². The number of aromatic amines is 1. The molecule has 1 aromatic heterocycles. The molecule has 0 aliphatic carbocycles. The molecule has 0 saturated heterocycles. The lowest BCUT2D eigenvalue weighted by Gasteiger charge is -2.12. The highest BCUT2D eigenvalue weighted by atomic mass is 32.2. The summed E-state index contributed by atoms with van der Waals surface area (Å²) >= 11 is 0. The molecule has 0 saturated carbocycles. The number of nitrogens with zero attached hydrogens (tertiary/aromatic N) is 1. The van der Waals surface area contributed by atoms with E-state index >= 15 is 0 Å². The molecule has 0 aliphatic heterocycles. The zero-order valence-corrected chi connectivity index (χ0v) is 11.7. The highest BCUT2D eigenvalue weighted by Gasteiger charge is 2.16. The van der Waals surface area contributed by atoms with E-state index in [-0.39, 0.29) is 4.90 Å². The van der Waals surface area contributed by atoms with Crippen LogP contribution in [0.3, 0.4) is 0 Å². The summed E-state index contributed by atoms with van der Waals surface area (Å²) < 4.78 is 25.2. The number of aromatic nitrogens is 1. The summed E-state index contributed by atoms with van der Waals surface area (Å²) in [6, 6.07) is 8.78. The Bertz CT molecular complexity index is 634. The molecule has 0 atom stereocenters. The maximum atomic E-state index is 12.0. The van der Waals surface area contributed by atoms with Crippen LogP contribution in [0.15, 0.2) is 47.6 Å². The van der Waals surface area contributed by atoms with Crippen molar-refractivity contribution in [1.29, 1.82) is 0 Å². The van der Waals surface area contributed by atoms with Crippen LogP contribution in [0.4, 0.5) is 5.69 Å². The summed E-state index contributed by atoms with van der Waals surface area (Å²) in [4.78, 5) is 3.26. The van der Waals surface area contributed by atoms with Gasteiger partial charge in [0.15, 0.2) is 0 Å². The van der Waals surface area contributed by atoms with Crippen molar-refractivity contribution in [2.75, 3.05) is 19.4 Å². The van der Waals surface area contributed by atoms with E-state index in [4.69, 9.17) is 0 Å². The van der Waals surface area contributed by atoms with Gasteiger partial charge in [-0.15, -0.1) is 0 Å². The number of anilines is 1. The van der Waals surface area contributed by atoms with Crippen molar-refractivity contribution in [3.8, 4) is 0 Å². The fourth-order valence-corrected chi connectivity index (χ4v) is 2.60. The zero-order chi connectivity index (χ0) is 13.9. The number of H-pyrrole nitrogens is 1. The quantitative estimate of drug-likeness (QED) is 0.878. The fourth-order valence-electron chi connectivity index (χ4n) is 1.65. The number of nitrogens with one attached hydrogen (secondary N) is 2. The molecule has 1 heterocycles. The van der Waals surface area contributed by atoms with Crippen molar-refractivity contribution >= 4 is 15.7 Å². The Morgan fingerprint density at radius 2 is 2.05 bits per heavy atom. The van der Waals surface area contributed by atoms with Crippen molar-refractivity contribution in [2.24, 2.45) is 0 Å².